The second-order valence-corrected chi connectivity index (χ2v) is 6.51. The summed E-state index contributed by atoms with van der Waals surface area (Å²) < 4.78 is 5.77. The number of carbonyl (C=O) groups is 2. The van der Waals surface area contributed by atoms with E-state index in [4.69, 9.17) is 4.74 Å². The lowest BCUT2D eigenvalue weighted by Gasteiger charge is -2.10. The van der Waals surface area contributed by atoms with Gasteiger partial charge in [0.05, 0.1) is 18.4 Å². The van der Waals surface area contributed by atoms with Crippen LogP contribution in [0.5, 0.6) is 0 Å². The van der Waals surface area contributed by atoms with Crippen LogP contribution in [0.15, 0.2) is 54.2 Å². The average Bonchev–Trinajstić information content (AvgIpc) is 2.64. The maximum Gasteiger partial charge on any atom is 0.339 e. The first kappa shape index (κ1) is 19.5. The number of benzene rings is 2. The van der Waals surface area contributed by atoms with Gasteiger partial charge in [0, 0.05) is 15.5 Å². The zero-order chi connectivity index (χ0) is 19.1. The van der Waals surface area contributed by atoms with Crippen molar-refractivity contribution < 1.29 is 14.3 Å². The minimum Gasteiger partial charge on any atom is -0.465 e. The van der Waals surface area contributed by atoms with Gasteiger partial charge < -0.3 is 15.4 Å². The van der Waals surface area contributed by atoms with Crippen LogP contribution >= 0.6 is 22.6 Å². The lowest BCUT2D eigenvalue weighted by molar-refractivity contribution is -0.112. The number of esters is 1. The summed E-state index contributed by atoms with van der Waals surface area (Å²) in [5.74, 6) is -1.06. The van der Waals surface area contributed by atoms with E-state index in [-0.39, 0.29) is 5.57 Å². The first-order valence-corrected chi connectivity index (χ1v) is 8.65. The Morgan fingerprint density at radius 1 is 1.19 bits per heavy atom. The fraction of sp³-hybridized carbons (Fsp3) is 0.105. The molecule has 0 fully saturated rings. The standard InChI is InChI=1S/C19H16IN3O3/c1-12-9-14(20)7-8-16(12)23-18(24)13(10-21)11-22-17-6-4-3-5-15(17)19(25)26-2/h3-9,11,22H,1-2H3,(H,23,24)/b13-11-. The van der Waals surface area contributed by atoms with Gasteiger partial charge in [0.15, 0.2) is 0 Å². The molecule has 132 valence electrons. The van der Waals surface area contributed by atoms with Gasteiger partial charge in [0.25, 0.3) is 5.91 Å². The van der Waals surface area contributed by atoms with Crippen LogP contribution in [0.4, 0.5) is 11.4 Å². The van der Waals surface area contributed by atoms with E-state index in [9.17, 15) is 14.9 Å². The SMILES string of the molecule is COC(=O)c1ccccc1N/C=C(/C#N)C(=O)Nc1ccc(I)cc1C. The van der Waals surface area contributed by atoms with Crippen molar-refractivity contribution in [1.82, 2.24) is 0 Å². The third-order valence-corrected chi connectivity index (χ3v) is 4.18. The largest absolute Gasteiger partial charge is 0.465 e. The molecule has 0 atom stereocenters. The Kier molecular flexibility index (Phi) is 6.74. The summed E-state index contributed by atoms with van der Waals surface area (Å²) in [6.45, 7) is 1.87. The molecule has 0 saturated heterocycles. The number of halogens is 1. The predicted octanol–water partition coefficient (Wildman–Crippen LogP) is 3.84. The van der Waals surface area contributed by atoms with Gasteiger partial charge in [-0.2, -0.15) is 5.26 Å². The molecule has 0 radical (unpaired) electrons. The van der Waals surface area contributed by atoms with Crippen molar-refractivity contribution in [3.63, 3.8) is 0 Å². The van der Waals surface area contributed by atoms with Gasteiger partial charge in [-0.1, -0.05) is 12.1 Å². The number of nitrogens with one attached hydrogen (secondary N) is 2. The van der Waals surface area contributed by atoms with Gasteiger partial charge in [-0.05, 0) is 65.4 Å². The quantitative estimate of drug-likeness (QED) is 0.306. The van der Waals surface area contributed by atoms with E-state index in [1.165, 1.54) is 13.3 Å². The fourth-order valence-electron chi connectivity index (χ4n) is 2.15. The molecule has 0 saturated carbocycles. The number of methoxy groups -OCH3 is 1. The molecule has 0 aromatic heterocycles. The lowest BCUT2D eigenvalue weighted by atomic mass is 10.1. The van der Waals surface area contributed by atoms with Crippen LogP contribution in [-0.2, 0) is 9.53 Å². The van der Waals surface area contributed by atoms with E-state index in [0.717, 1.165) is 9.13 Å². The number of ether oxygens (including phenoxy) is 1. The predicted molar refractivity (Wildman–Crippen MR) is 108 cm³/mol. The summed E-state index contributed by atoms with van der Waals surface area (Å²) >= 11 is 2.18. The van der Waals surface area contributed by atoms with Gasteiger partial charge in [0.1, 0.15) is 11.6 Å². The van der Waals surface area contributed by atoms with Gasteiger partial charge in [-0.15, -0.1) is 0 Å². The minimum atomic E-state index is -0.542. The van der Waals surface area contributed by atoms with Gasteiger partial charge >= 0.3 is 5.97 Å². The van der Waals surface area contributed by atoms with Crippen molar-refractivity contribution in [1.29, 1.82) is 5.26 Å². The highest BCUT2D eigenvalue weighted by atomic mass is 127. The van der Waals surface area contributed by atoms with Crippen LogP contribution < -0.4 is 10.6 Å². The highest BCUT2D eigenvalue weighted by Gasteiger charge is 2.13. The van der Waals surface area contributed by atoms with E-state index in [2.05, 4.69) is 33.2 Å². The first-order valence-electron chi connectivity index (χ1n) is 7.58. The van der Waals surface area contributed by atoms with Crippen molar-refractivity contribution in [3.05, 3.63) is 68.9 Å². The van der Waals surface area contributed by atoms with Crippen LogP contribution in [-0.4, -0.2) is 19.0 Å². The third kappa shape index (κ3) is 4.83. The summed E-state index contributed by atoms with van der Waals surface area (Å²) in [4.78, 5) is 24.1. The second-order valence-electron chi connectivity index (χ2n) is 5.26. The number of nitrogens with zero attached hydrogens (tertiary/aromatic N) is 1. The molecule has 1 amide bonds. The molecular formula is C19H16IN3O3. The van der Waals surface area contributed by atoms with Crippen molar-refractivity contribution in [3.8, 4) is 6.07 Å². The summed E-state index contributed by atoms with van der Waals surface area (Å²) in [5.41, 5.74) is 2.14. The van der Waals surface area contributed by atoms with E-state index in [1.54, 1.807) is 30.3 Å². The maximum atomic E-state index is 12.3. The molecule has 0 bridgehead atoms. The minimum absolute atomic E-state index is 0.123. The highest BCUT2D eigenvalue weighted by molar-refractivity contribution is 14.1. The Morgan fingerprint density at radius 2 is 1.92 bits per heavy atom. The molecule has 2 aromatic carbocycles. The summed E-state index contributed by atoms with van der Waals surface area (Å²) in [6.07, 6.45) is 1.26. The van der Waals surface area contributed by atoms with Crippen molar-refractivity contribution in [2.24, 2.45) is 0 Å². The molecule has 0 spiro atoms. The van der Waals surface area contributed by atoms with Crippen molar-refractivity contribution in [2.75, 3.05) is 17.7 Å². The van der Waals surface area contributed by atoms with Gasteiger partial charge in [-0.25, -0.2) is 4.79 Å². The number of anilines is 2. The number of hydrogen-bond donors (Lipinski definition) is 2. The number of aryl methyl sites for hydroxylation is 1. The third-order valence-electron chi connectivity index (χ3n) is 3.51. The summed E-state index contributed by atoms with van der Waals surface area (Å²) in [5, 5.41) is 14.8. The van der Waals surface area contributed by atoms with E-state index < -0.39 is 11.9 Å². The Hall–Kier alpha value is -2.86. The molecule has 0 aliphatic rings. The summed E-state index contributed by atoms with van der Waals surface area (Å²) in [6, 6.07) is 14.1. The van der Waals surface area contributed by atoms with Crippen molar-refractivity contribution >= 4 is 45.8 Å². The molecule has 7 heteroatoms. The van der Waals surface area contributed by atoms with Crippen LogP contribution in [0.2, 0.25) is 0 Å². The number of carbonyl (C=O) groups excluding carboxylic acids is 2. The van der Waals surface area contributed by atoms with E-state index in [1.807, 2.05) is 25.1 Å². The van der Waals surface area contributed by atoms with E-state index >= 15 is 0 Å². The van der Waals surface area contributed by atoms with Gasteiger partial charge in [-0.3, -0.25) is 4.79 Å². The molecular weight excluding hydrogens is 445 g/mol. The molecule has 0 unspecified atom stereocenters. The fourth-order valence-corrected chi connectivity index (χ4v) is 2.80. The number of rotatable bonds is 5. The topological polar surface area (TPSA) is 91.2 Å². The number of hydrogen-bond acceptors (Lipinski definition) is 5. The number of nitriles is 1. The van der Waals surface area contributed by atoms with Crippen LogP contribution in [0, 0.1) is 21.8 Å². The zero-order valence-corrected chi connectivity index (χ0v) is 16.3. The molecule has 0 aliphatic heterocycles. The Labute approximate surface area is 165 Å². The molecule has 2 N–H and O–H groups in total. The second kappa shape index (κ2) is 9.01. The number of para-hydroxylation sites is 1. The lowest BCUT2D eigenvalue weighted by Crippen LogP contribution is -2.15. The molecule has 6 nitrogen and oxygen atoms in total. The monoisotopic (exact) mass is 461 g/mol. The van der Waals surface area contributed by atoms with E-state index in [0.29, 0.717) is 16.9 Å². The van der Waals surface area contributed by atoms with Crippen LogP contribution in [0.3, 0.4) is 0 Å². The van der Waals surface area contributed by atoms with Gasteiger partial charge in [0.2, 0.25) is 0 Å². The molecule has 2 aromatic rings. The Balaban J connectivity index is 2.19. The zero-order valence-electron chi connectivity index (χ0n) is 14.2. The highest BCUT2D eigenvalue weighted by Crippen LogP contribution is 2.19. The molecule has 0 aliphatic carbocycles. The summed E-state index contributed by atoms with van der Waals surface area (Å²) in [7, 11) is 1.28. The maximum absolute atomic E-state index is 12.3. The first-order chi connectivity index (χ1) is 12.5. The molecule has 2 rings (SSSR count). The Bertz CT molecular complexity index is 916. The Morgan fingerprint density at radius 3 is 2.58 bits per heavy atom. The van der Waals surface area contributed by atoms with Crippen LogP contribution in [0.25, 0.3) is 0 Å². The number of amides is 1. The average molecular weight is 461 g/mol. The van der Waals surface area contributed by atoms with Crippen molar-refractivity contribution in [2.45, 2.75) is 6.92 Å². The molecule has 0 heterocycles. The smallest absolute Gasteiger partial charge is 0.339 e. The normalized spacial score (nSPS) is 10.6. The van der Waals surface area contributed by atoms with Crippen LogP contribution in [0.1, 0.15) is 15.9 Å². The molecule has 26 heavy (non-hydrogen) atoms.